The molecule has 0 fully saturated rings. The number of hydrogen-bond acceptors (Lipinski definition) is 5. The minimum Gasteiger partial charge on any atom is -0.494 e. The Bertz CT molecular complexity index is 966. The first-order valence-corrected chi connectivity index (χ1v) is 8.56. The number of nitrogens with zero attached hydrogens (tertiary/aromatic N) is 2. The monoisotopic (exact) mass is 351 g/mol. The first-order chi connectivity index (χ1) is 12.5. The van der Waals surface area contributed by atoms with Gasteiger partial charge in [0.25, 0.3) is 5.56 Å². The van der Waals surface area contributed by atoms with E-state index < -0.39 is 5.92 Å². The highest BCUT2D eigenvalue weighted by atomic mass is 16.5. The SMILES string of the molecule is CCOc1ccc(C2C(C#N)=C(N)Oc3cc(C)n(CC)c(=O)c32)cc1. The second kappa shape index (κ2) is 6.96. The van der Waals surface area contributed by atoms with Gasteiger partial charge in [0.2, 0.25) is 5.88 Å². The van der Waals surface area contributed by atoms with E-state index in [2.05, 4.69) is 6.07 Å². The highest BCUT2D eigenvalue weighted by Gasteiger charge is 2.34. The van der Waals surface area contributed by atoms with Crippen LogP contribution in [0.5, 0.6) is 11.5 Å². The second-order valence-corrected chi connectivity index (χ2v) is 6.04. The highest BCUT2D eigenvalue weighted by Crippen LogP contribution is 2.40. The molecule has 6 heteroatoms. The fraction of sp³-hybridized carbons (Fsp3) is 0.300. The Hall–Kier alpha value is -3.20. The van der Waals surface area contributed by atoms with E-state index in [1.165, 1.54) is 0 Å². The maximum atomic E-state index is 13.1. The lowest BCUT2D eigenvalue weighted by Gasteiger charge is -2.27. The largest absolute Gasteiger partial charge is 0.494 e. The summed E-state index contributed by atoms with van der Waals surface area (Å²) < 4.78 is 12.7. The standard InChI is InChI=1S/C20H21N3O3/c1-4-23-12(3)10-16-18(20(23)24)17(15(11-21)19(22)26-16)13-6-8-14(9-7-13)25-5-2/h6-10,17H,4-5,22H2,1-3H3. The molecule has 1 aliphatic heterocycles. The zero-order valence-corrected chi connectivity index (χ0v) is 15.1. The molecule has 2 aromatic rings. The molecule has 0 aliphatic carbocycles. The Labute approximate surface area is 152 Å². The minimum atomic E-state index is -0.565. The molecule has 2 N–H and O–H groups in total. The minimum absolute atomic E-state index is 0.0342. The first-order valence-electron chi connectivity index (χ1n) is 8.56. The van der Waals surface area contributed by atoms with Crippen molar-refractivity contribution in [2.75, 3.05) is 6.61 Å². The zero-order chi connectivity index (χ0) is 18.8. The highest BCUT2D eigenvalue weighted by molar-refractivity contribution is 5.55. The summed E-state index contributed by atoms with van der Waals surface area (Å²) in [4.78, 5) is 13.1. The number of aryl methyl sites for hydroxylation is 1. The smallest absolute Gasteiger partial charge is 0.258 e. The Morgan fingerprint density at radius 3 is 2.58 bits per heavy atom. The van der Waals surface area contributed by atoms with E-state index >= 15 is 0 Å². The van der Waals surface area contributed by atoms with Gasteiger partial charge in [-0.2, -0.15) is 5.26 Å². The summed E-state index contributed by atoms with van der Waals surface area (Å²) in [6, 6.07) is 11.3. The van der Waals surface area contributed by atoms with Gasteiger partial charge in [-0.25, -0.2) is 0 Å². The molecule has 0 bridgehead atoms. The van der Waals surface area contributed by atoms with Crippen LogP contribution in [0, 0.1) is 18.3 Å². The summed E-state index contributed by atoms with van der Waals surface area (Å²) in [5.74, 6) is 0.610. The molecule has 0 saturated heterocycles. The molecule has 1 aromatic heterocycles. The molecule has 3 rings (SSSR count). The van der Waals surface area contributed by atoms with Gasteiger partial charge in [-0.15, -0.1) is 0 Å². The molecular formula is C20H21N3O3. The second-order valence-electron chi connectivity index (χ2n) is 6.04. The van der Waals surface area contributed by atoms with Gasteiger partial charge in [-0.05, 0) is 38.5 Å². The Morgan fingerprint density at radius 1 is 1.31 bits per heavy atom. The van der Waals surface area contributed by atoms with Gasteiger partial charge in [0.05, 0.1) is 18.1 Å². The number of pyridine rings is 1. The number of nitrogens with two attached hydrogens (primary N) is 1. The van der Waals surface area contributed by atoms with Crippen LogP contribution in [0.15, 0.2) is 46.6 Å². The lowest BCUT2D eigenvalue weighted by molar-refractivity contribution is 0.340. The van der Waals surface area contributed by atoms with E-state index in [0.717, 1.165) is 17.0 Å². The van der Waals surface area contributed by atoms with Gasteiger partial charge < -0.3 is 19.8 Å². The third-order valence-corrected chi connectivity index (χ3v) is 4.53. The summed E-state index contributed by atoms with van der Waals surface area (Å²) >= 11 is 0. The predicted molar refractivity (Wildman–Crippen MR) is 98.0 cm³/mol. The van der Waals surface area contributed by atoms with Crippen LogP contribution in [0.3, 0.4) is 0 Å². The van der Waals surface area contributed by atoms with Crippen molar-refractivity contribution in [2.24, 2.45) is 5.73 Å². The van der Waals surface area contributed by atoms with Crippen LogP contribution >= 0.6 is 0 Å². The average Bonchev–Trinajstić information content (AvgIpc) is 2.62. The molecular weight excluding hydrogens is 330 g/mol. The molecule has 0 radical (unpaired) electrons. The van der Waals surface area contributed by atoms with Crippen molar-refractivity contribution in [3.8, 4) is 17.6 Å². The number of hydrogen-bond donors (Lipinski definition) is 1. The van der Waals surface area contributed by atoms with Crippen LogP contribution in [0.1, 0.15) is 36.6 Å². The average molecular weight is 351 g/mol. The summed E-state index contributed by atoms with van der Waals surface area (Å²) in [6.45, 7) is 6.77. The molecule has 0 amide bonds. The number of rotatable bonds is 4. The first kappa shape index (κ1) is 17.6. The normalized spacial score (nSPS) is 15.8. The van der Waals surface area contributed by atoms with Gasteiger partial charge in [0.1, 0.15) is 23.1 Å². The molecule has 1 unspecified atom stereocenters. The van der Waals surface area contributed by atoms with Gasteiger partial charge in [0, 0.05) is 18.3 Å². The van der Waals surface area contributed by atoms with Crippen molar-refractivity contribution in [1.82, 2.24) is 4.57 Å². The van der Waals surface area contributed by atoms with E-state index in [1.807, 2.05) is 45.0 Å². The van der Waals surface area contributed by atoms with Crippen LogP contribution in [0.25, 0.3) is 0 Å². The Balaban J connectivity index is 2.23. The molecule has 1 aromatic carbocycles. The van der Waals surface area contributed by atoms with Crippen molar-refractivity contribution in [1.29, 1.82) is 5.26 Å². The zero-order valence-electron chi connectivity index (χ0n) is 15.1. The van der Waals surface area contributed by atoms with Crippen molar-refractivity contribution < 1.29 is 9.47 Å². The number of benzene rings is 1. The van der Waals surface area contributed by atoms with Crippen LogP contribution in [0.4, 0.5) is 0 Å². The molecule has 134 valence electrons. The summed E-state index contributed by atoms with van der Waals surface area (Å²) in [5, 5.41) is 9.63. The molecule has 6 nitrogen and oxygen atoms in total. The van der Waals surface area contributed by atoms with Crippen molar-refractivity contribution >= 4 is 0 Å². The molecule has 0 spiro atoms. The number of aromatic nitrogens is 1. The lowest BCUT2D eigenvalue weighted by atomic mass is 9.84. The Kier molecular flexibility index (Phi) is 4.72. The van der Waals surface area contributed by atoms with Gasteiger partial charge >= 0.3 is 0 Å². The maximum absolute atomic E-state index is 13.1. The van der Waals surface area contributed by atoms with E-state index in [1.54, 1.807) is 10.6 Å². The van der Waals surface area contributed by atoms with Crippen molar-refractivity contribution in [2.45, 2.75) is 33.2 Å². The van der Waals surface area contributed by atoms with E-state index in [-0.39, 0.29) is 17.0 Å². The van der Waals surface area contributed by atoms with Crippen LogP contribution < -0.4 is 20.8 Å². The third-order valence-electron chi connectivity index (χ3n) is 4.53. The van der Waals surface area contributed by atoms with Crippen LogP contribution in [-0.4, -0.2) is 11.2 Å². The van der Waals surface area contributed by atoms with E-state index in [4.69, 9.17) is 15.2 Å². The molecule has 0 saturated carbocycles. The number of ether oxygens (including phenoxy) is 2. The van der Waals surface area contributed by atoms with Gasteiger partial charge in [-0.1, -0.05) is 12.1 Å². The molecule has 1 atom stereocenters. The third kappa shape index (κ3) is 2.82. The Morgan fingerprint density at radius 2 is 2.00 bits per heavy atom. The number of fused-ring (bicyclic) bond motifs is 1. The summed E-state index contributed by atoms with van der Waals surface area (Å²) in [6.07, 6.45) is 0. The topological polar surface area (TPSA) is 90.3 Å². The van der Waals surface area contributed by atoms with Gasteiger partial charge in [0.15, 0.2) is 0 Å². The number of allylic oxidation sites excluding steroid dienone is 1. The number of nitriles is 1. The van der Waals surface area contributed by atoms with E-state index in [0.29, 0.717) is 24.5 Å². The molecule has 26 heavy (non-hydrogen) atoms. The van der Waals surface area contributed by atoms with Crippen LogP contribution in [0.2, 0.25) is 0 Å². The predicted octanol–water partition coefficient (Wildman–Crippen LogP) is 2.79. The van der Waals surface area contributed by atoms with E-state index in [9.17, 15) is 10.1 Å². The maximum Gasteiger partial charge on any atom is 0.258 e. The molecule has 2 heterocycles. The van der Waals surface area contributed by atoms with Crippen molar-refractivity contribution in [3.05, 3.63) is 69.0 Å². The quantitative estimate of drug-likeness (QED) is 0.915. The fourth-order valence-corrected chi connectivity index (χ4v) is 3.34. The summed E-state index contributed by atoms with van der Waals surface area (Å²) in [7, 11) is 0. The van der Waals surface area contributed by atoms with Crippen molar-refractivity contribution in [3.63, 3.8) is 0 Å². The lowest BCUT2D eigenvalue weighted by Crippen LogP contribution is -2.32. The molecule has 1 aliphatic rings. The summed E-state index contributed by atoms with van der Waals surface area (Å²) in [5.41, 5.74) is 8.07. The van der Waals surface area contributed by atoms with Gasteiger partial charge in [-0.3, -0.25) is 4.79 Å². The van der Waals surface area contributed by atoms with Crippen LogP contribution in [-0.2, 0) is 6.54 Å². The fourth-order valence-electron chi connectivity index (χ4n) is 3.34.